The Kier molecular flexibility index (Phi) is 3.57. The lowest BCUT2D eigenvalue weighted by Crippen LogP contribution is -2.01. The maximum absolute atomic E-state index is 5.97. The van der Waals surface area contributed by atoms with Crippen molar-refractivity contribution in [2.75, 3.05) is 5.32 Å². The van der Waals surface area contributed by atoms with E-state index in [1.165, 1.54) is 11.1 Å². The van der Waals surface area contributed by atoms with Crippen LogP contribution in [0.3, 0.4) is 0 Å². The third-order valence-corrected chi connectivity index (χ3v) is 3.63. The van der Waals surface area contributed by atoms with Gasteiger partial charge in [0.1, 0.15) is 0 Å². The Bertz CT molecular complexity index is 753. The zero-order valence-electron chi connectivity index (χ0n) is 11.2. The van der Waals surface area contributed by atoms with Gasteiger partial charge in [-0.05, 0) is 54.4 Å². The molecule has 0 aliphatic heterocycles. The lowest BCUT2D eigenvalue weighted by molar-refractivity contribution is 1.12. The van der Waals surface area contributed by atoms with Crippen molar-refractivity contribution in [3.63, 3.8) is 0 Å². The minimum absolute atomic E-state index is 0.781. The predicted octanol–water partition coefficient (Wildman–Crippen LogP) is 4.81. The Hall–Kier alpha value is -2.06. The third kappa shape index (κ3) is 2.75. The van der Waals surface area contributed by atoms with Crippen LogP contribution in [-0.4, -0.2) is 4.98 Å². The van der Waals surface area contributed by atoms with Gasteiger partial charge in [0.25, 0.3) is 0 Å². The lowest BCUT2D eigenvalue weighted by atomic mass is 10.1. The van der Waals surface area contributed by atoms with Crippen molar-refractivity contribution in [1.82, 2.24) is 4.98 Å². The molecular formula is C17H15ClN2. The van der Waals surface area contributed by atoms with Gasteiger partial charge in [-0.25, -0.2) is 0 Å². The van der Waals surface area contributed by atoms with Gasteiger partial charge >= 0.3 is 0 Å². The summed E-state index contributed by atoms with van der Waals surface area (Å²) in [7, 11) is 0. The lowest BCUT2D eigenvalue weighted by Gasteiger charge is -2.10. The van der Waals surface area contributed by atoms with Crippen LogP contribution < -0.4 is 5.32 Å². The second kappa shape index (κ2) is 5.51. The number of anilines is 1. The molecular weight excluding hydrogens is 268 g/mol. The Morgan fingerprint density at radius 2 is 2.00 bits per heavy atom. The zero-order valence-corrected chi connectivity index (χ0v) is 12.0. The summed E-state index contributed by atoms with van der Waals surface area (Å²) in [4.78, 5) is 4.32. The van der Waals surface area contributed by atoms with Crippen molar-refractivity contribution in [1.29, 1.82) is 0 Å². The quantitative estimate of drug-likeness (QED) is 0.746. The molecule has 0 aliphatic carbocycles. The van der Waals surface area contributed by atoms with Crippen molar-refractivity contribution >= 4 is 28.2 Å². The molecule has 0 unspecified atom stereocenters. The molecule has 2 nitrogen and oxygen atoms in total. The standard InChI is InChI=1S/C17H15ClN2/c1-12-9-15(18)5-4-14(12)11-20-16-6-7-17-13(10-16)3-2-8-19-17/h2-10,20H,11H2,1H3. The molecule has 0 radical (unpaired) electrons. The summed E-state index contributed by atoms with van der Waals surface area (Å²) in [5.74, 6) is 0. The zero-order chi connectivity index (χ0) is 13.9. The first-order valence-corrected chi connectivity index (χ1v) is 6.94. The number of halogens is 1. The number of nitrogens with one attached hydrogen (secondary N) is 1. The maximum Gasteiger partial charge on any atom is 0.0703 e. The largest absolute Gasteiger partial charge is 0.381 e. The first kappa shape index (κ1) is 12.9. The predicted molar refractivity (Wildman–Crippen MR) is 85.3 cm³/mol. The van der Waals surface area contributed by atoms with Crippen molar-refractivity contribution in [2.45, 2.75) is 13.5 Å². The van der Waals surface area contributed by atoms with Gasteiger partial charge in [-0.15, -0.1) is 0 Å². The Morgan fingerprint density at radius 3 is 2.85 bits per heavy atom. The third-order valence-electron chi connectivity index (χ3n) is 3.39. The topological polar surface area (TPSA) is 24.9 Å². The maximum atomic E-state index is 5.97. The van der Waals surface area contributed by atoms with Crippen LogP contribution in [0.1, 0.15) is 11.1 Å². The van der Waals surface area contributed by atoms with Crippen molar-refractivity contribution in [2.24, 2.45) is 0 Å². The van der Waals surface area contributed by atoms with Gasteiger partial charge in [0.05, 0.1) is 5.52 Å². The van der Waals surface area contributed by atoms with Gasteiger partial charge < -0.3 is 5.32 Å². The van der Waals surface area contributed by atoms with Gasteiger partial charge in [-0.2, -0.15) is 0 Å². The van der Waals surface area contributed by atoms with E-state index < -0.39 is 0 Å². The summed E-state index contributed by atoms with van der Waals surface area (Å²) in [5, 5.41) is 5.37. The van der Waals surface area contributed by atoms with E-state index in [4.69, 9.17) is 11.6 Å². The van der Waals surface area contributed by atoms with E-state index >= 15 is 0 Å². The molecule has 0 amide bonds. The summed E-state index contributed by atoms with van der Waals surface area (Å²) in [6.07, 6.45) is 1.81. The molecule has 1 heterocycles. The van der Waals surface area contributed by atoms with Crippen molar-refractivity contribution in [3.8, 4) is 0 Å². The highest BCUT2D eigenvalue weighted by Gasteiger charge is 2.00. The highest BCUT2D eigenvalue weighted by Crippen LogP contribution is 2.19. The molecule has 0 atom stereocenters. The van der Waals surface area contributed by atoms with Crippen molar-refractivity contribution < 1.29 is 0 Å². The minimum atomic E-state index is 0.781. The number of nitrogens with zero attached hydrogens (tertiary/aromatic N) is 1. The number of rotatable bonds is 3. The van der Waals surface area contributed by atoms with E-state index in [0.717, 1.165) is 28.2 Å². The molecule has 0 saturated carbocycles. The molecule has 2 aromatic carbocycles. The van der Waals surface area contributed by atoms with Crippen LogP contribution in [0.2, 0.25) is 5.02 Å². The fourth-order valence-electron chi connectivity index (χ4n) is 2.24. The first-order chi connectivity index (χ1) is 9.72. The van der Waals surface area contributed by atoms with E-state index in [1.54, 1.807) is 0 Å². The van der Waals surface area contributed by atoms with Crippen LogP contribution >= 0.6 is 11.6 Å². The average molecular weight is 283 g/mol. The summed E-state index contributed by atoms with van der Waals surface area (Å²) in [5.41, 5.74) is 4.56. The number of fused-ring (bicyclic) bond motifs is 1. The van der Waals surface area contributed by atoms with Crippen molar-refractivity contribution in [3.05, 3.63) is 70.9 Å². The van der Waals surface area contributed by atoms with Gasteiger partial charge in [0.2, 0.25) is 0 Å². The van der Waals surface area contributed by atoms with E-state index in [-0.39, 0.29) is 0 Å². The molecule has 3 heteroatoms. The highest BCUT2D eigenvalue weighted by atomic mass is 35.5. The molecule has 3 rings (SSSR count). The summed E-state index contributed by atoms with van der Waals surface area (Å²) < 4.78 is 0. The van der Waals surface area contributed by atoms with E-state index in [0.29, 0.717) is 0 Å². The molecule has 0 fully saturated rings. The number of pyridine rings is 1. The van der Waals surface area contributed by atoms with Crippen LogP contribution in [-0.2, 0) is 6.54 Å². The monoisotopic (exact) mass is 282 g/mol. The fraction of sp³-hybridized carbons (Fsp3) is 0.118. The summed E-state index contributed by atoms with van der Waals surface area (Å²) in [6.45, 7) is 2.86. The van der Waals surface area contributed by atoms with Crippen LogP contribution in [0, 0.1) is 6.92 Å². The Balaban J connectivity index is 1.79. The highest BCUT2D eigenvalue weighted by molar-refractivity contribution is 6.30. The Morgan fingerprint density at radius 1 is 1.10 bits per heavy atom. The second-order valence-electron chi connectivity index (χ2n) is 4.84. The summed E-state index contributed by atoms with van der Waals surface area (Å²) >= 11 is 5.97. The van der Waals surface area contributed by atoms with E-state index in [2.05, 4.69) is 41.5 Å². The SMILES string of the molecule is Cc1cc(Cl)ccc1CNc1ccc2ncccc2c1. The number of aromatic nitrogens is 1. The van der Waals surface area contributed by atoms with Crippen LogP contribution in [0.25, 0.3) is 10.9 Å². The molecule has 20 heavy (non-hydrogen) atoms. The van der Waals surface area contributed by atoms with E-state index in [9.17, 15) is 0 Å². The normalized spacial score (nSPS) is 10.7. The van der Waals surface area contributed by atoms with Crippen LogP contribution in [0.4, 0.5) is 5.69 Å². The smallest absolute Gasteiger partial charge is 0.0703 e. The molecule has 0 aliphatic rings. The minimum Gasteiger partial charge on any atom is -0.381 e. The van der Waals surface area contributed by atoms with Crippen LogP contribution in [0.15, 0.2) is 54.7 Å². The number of hydrogen-bond acceptors (Lipinski definition) is 2. The summed E-state index contributed by atoms with van der Waals surface area (Å²) in [6, 6.07) is 16.2. The number of aryl methyl sites for hydroxylation is 1. The van der Waals surface area contributed by atoms with Gasteiger partial charge in [-0.3, -0.25) is 4.98 Å². The average Bonchev–Trinajstić information content (AvgIpc) is 2.46. The second-order valence-corrected chi connectivity index (χ2v) is 5.27. The van der Waals surface area contributed by atoms with Crippen LogP contribution in [0.5, 0.6) is 0 Å². The van der Waals surface area contributed by atoms with Gasteiger partial charge in [0, 0.05) is 28.8 Å². The molecule has 0 spiro atoms. The van der Waals surface area contributed by atoms with Gasteiger partial charge in [0.15, 0.2) is 0 Å². The molecule has 1 aromatic heterocycles. The first-order valence-electron chi connectivity index (χ1n) is 6.56. The Labute approximate surface area is 123 Å². The molecule has 1 N–H and O–H groups in total. The number of hydrogen-bond donors (Lipinski definition) is 1. The molecule has 3 aromatic rings. The van der Waals surface area contributed by atoms with E-state index in [1.807, 2.05) is 30.5 Å². The fourth-order valence-corrected chi connectivity index (χ4v) is 2.47. The number of benzene rings is 2. The molecule has 100 valence electrons. The van der Waals surface area contributed by atoms with Gasteiger partial charge in [-0.1, -0.05) is 23.7 Å². The molecule has 0 bridgehead atoms. The molecule has 0 saturated heterocycles.